The molecule has 0 aromatic heterocycles. The molecule has 148 valence electrons. The van der Waals surface area contributed by atoms with Crippen molar-refractivity contribution >= 4 is 12.1 Å². The monoisotopic (exact) mass is 377 g/mol. The molecule has 27 heavy (non-hydrogen) atoms. The number of carbonyl (C=O) groups is 2. The summed E-state index contributed by atoms with van der Waals surface area (Å²) in [5.74, 6) is -0.0209. The molecule has 2 atom stereocenters. The van der Waals surface area contributed by atoms with Gasteiger partial charge < -0.3 is 24.6 Å². The third-order valence-corrected chi connectivity index (χ3v) is 4.04. The van der Waals surface area contributed by atoms with E-state index in [4.69, 9.17) is 19.3 Å². The average molecular weight is 377 g/mol. The van der Waals surface area contributed by atoms with Crippen molar-refractivity contribution in [2.45, 2.75) is 46.3 Å². The van der Waals surface area contributed by atoms with E-state index in [-0.39, 0.29) is 18.6 Å². The molecular weight excluding hydrogens is 350 g/mol. The lowest BCUT2D eigenvalue weighted by Crippen LogP contribution is -2.38. The van der Waals surface area contributed by atoms with Crippen molar-refractivity contribution in [3.05, 3.63) is 35.9 Å². The maximum Gasteiger partial charge on any atom is 0.408 e. The number of aliphatic carboxylic acids is 1. The first-order chi connectivity index (χ1) is 12.6. The van der Waals surface area contributed by atoms with Crippen LogP contribution >= 0.6 is 0 Å². The molecule has 2 rings (SSSR count). The quantitative estimate of drug-likeness (QED) is 0.731. The third-order valence-electron chi connectivity index (χ3n) is 4.04. The van der Waals surface area contributed by atoms with Crippen LogP contribution in [0.4, 0.5) is 4.79 Å². The van der Waals surface area contributed by atoms with Gasteiger partial charge in [0.2, 0.25) is 6.79 Å². The lowest BCUT2D eigenvalue weighted by atomic mass is 9.84. The van der Waals surface area contributed by atoms with Crippen LogP contribution in [-0.2, 0) is 9.53 Å². The summed E-state index contributed by atoms with van der Waals surface area (Å²) in [5, 5.41) is 11.9. The van der Waals surface area contributed by atoms with E-state index in [9.17, 15) is 9.59 Å². The van der Waals surface area contributed by atoms with Crippen LogP contribution in [0.1, 0.15) is 46.2 Å². The Bertz CT molecular complexity index is 720. The van der Waals surface area contributed by atoms with Crippen molar-refractivity contribution in [2.24, 2.45) is 11.8 Å². The summed E-state index contributed by atoms with van der Waals surface area (Å²) in [7, 11) is 0. The number of carbonyl (C=O) groups excluding carboxylic acids is 1. The zero-order chi connectivity index (χ0) is 20.2. The number of hydrogen-bond acceptors (Lipinski definition) is 5. The largest absolute Gasteiger partial charge is 0.478 e. The van der Waals surface area contributed by atoms with Crippen molar-refractivity contribution in [3.63, 3.8) is 0 Å². The maximum absolute atomic E-state index is 12.4. The number of carboxylic acids is 1. The SMILES string of the molecule is CC(C)[C@H](/C=C/C(=O)O)[C@H](NC(=O)OC(C)(C)C)c1ccc2c(c1)OCO2. The molecule has 0 fully saturated rings. The summed E-state index contributed by atoms with van der Waals surface area (Å²) >= 11 is 0. The van der Waals surface area contributed by atoms with Crippen LogP contribution in [-0.4, -0.2) is 29.6 Å². The van der Waals surface area contributed by atoms with Gasteiger partial charge in [0.15, 0.2) is 11.5 Å². The zero-order valence-electron chi connectivity index (χ0n) is 16.3. The van der Waals surface area contributed by atoms with Crippen LogP contribution < -0.4 is 14.8 Å². The van der Waals surface area contributed by atoms with E-state index >= 15 is 0 Å². The lowest BCUT2D eigenvalue weighted by molar-refractivity contribution is -0.131. The second-order valence-corrected chi connectivity index (χ2v) is 7.76. The fraction of sp³-hybridized carbons (Fsp3) is 0.500. The Balaban J connectivity index is 2.37. The number of fused-ring (bicyclic) bond motifs is 1. The summed E-state index contributed by atoms with van der Waals surface area (Å²) in [5.41, 5.74) is 0.132. The fourth-order valence-electron chi connectivity index (χ4n) is 2.85. The van der Waals surface area contributed by atoms with E-state index in [1.54, 1.807) is 39.0 Å². The Morgan fingerprint density at radius 2 is 1.89 bits per heavy atom. The van der Waals surface area contributed by atoms with Crippen LogP contribution in [0, 0.1) is 11.8 Å². The van der Waals surface area contributed by atoms with Gasteiger partial charge >= 0.3 is 12.1 Å². The van der Waals surface area contributed by atoms with Gasteiger partial charge in [-0.25, -0.2) is 9.59 Å². The first-order valence-corrected chi connectivity index (χ1v) is 8.87. The van der Waals surface area contributed by atoms with Gasteiger partial charge in [0.05, 0.1) is 6.04 Å². The third kappa shape index (κ3) is 5.91. The zero-order valence-corrected chi connectivity index (χ0v) is 16.3. The van der Waals surface area contributed by atoms with Crippen LogP contribution in [0.3, 0.4) is 0 Å². The molecule has 0 saturated carbocycles. The van der Waals surface area contributed by atoms with Gasteiger partial charge in [0.25, 0.3) is 0 Å². The molecule has 0 radical (unpaired) electrons. The molecule has 1 aliphatic heterocycles. The molecule has 1 aromatic rings. The second-order valence-electron chi connectivity index (χ2n) is 7.76. The first-order valence-electron chi connectivity index (χ1n) is 8.87. The maximum atomic E-state index is 12.4. The van der Waals surface area contributed by atoms with E-state index in [0.29, 0.717) is 11.5 Å². The van der Waals surface area contributed by atoms with Crippen molar-refractivity contribution in [1.82, 2.24) is 5.32 Å². The standard InChI is InChI=1S/C20H27NO6/c1-12(2)14(7-9-17(22)23)18(21-19(24)27-20(3,4)5)13-6-8-15-16(10-13)26-11-25-15/h6-10,12,14,18H,11H2,1-5H3,(H,21,24)(H,22,23)/b9-7+/t14-,18+/m0/s1. The van der Waals surface area contributed by atoms with Crippen LogP contribution in [0.15, 0.2) is 30.4 Å². The number of benzene rings is 1. The highest BCUT2D eigenvalue weighted by Gasteiger charge is 2.29. The van der Waals surface area contributed by atoms with E-state index in [1.165, 1.54) is 0 Å². The van der Waals surface area contributed by atoms with Gasteiger partial charge in [-0.15, -0.1) is 0 Å². The lowest BCUT2D eigenvalue weighted by Gasteiger charge is -2.30. The molecule has 1 aliphatic rings. The highest BCUT2D eigenvalue weighted by atomic mass is 16.7. The van der Waals surface area contributed by atoms with Gasteiger partial charge in [-0.1, -0.05) is 26.0 Å². The Hall–Kier alpha value is -2.70. The molecule has 2 N–H and O–H groups in total. The molecule has 1 aromatic carbocycles. The minimum Gasteiger partial charge on any atom is -0.478 e. The topological polar surface area (TPSA) is 94.1 Å². The molecule has 1 amide bonds. The Kier molecular flexibility index (Phi) is 6.36. The summed E-state index contributed by atoms with van der Waals surface area (Å²) in [6, 6.07) is 4.91. The Morgan fingerprint density at radius 1 is 1.22 bits per heavy atom. The second kappa shape index (κ2) is 8.33. The number of ether oxygens (including phenoxy) is 3. The minimum absolute atomic E-state index is 0.0611. The smallest absolute Gasteiger partial charge is 0.408 e. The van der Waals surface area contributed by atoms with E-state index < -0.39 is 23.7 Å². The highest BCUT2D eigenvalue weighted by Crippen LogP contribution is 2.37. The van der Waals surface area contributed by atoms with Gasteiger partial charge in [-0.05, 0) is 44.4 Å². The molecule has 0 bridgehead atoms. The number of alkyl carbamates (subject to hydrolysis) is 1. The number of amides is 1. The van der Waals surface area contributed by atoms with E-state index in [0.717, 1.165) is 11.6 Å². The molecule has 0 saturated heterocycles. The predicted octanol–water partition coefficient (Wildman–Crippen LogP) is 3.89. The summed E-state index contributed by atoms with van der Waals surface area (Å²) in [6.07, 6.45) is 2.13. The summed E-state index contributed by atoms with van der Waals surface area (Å²) in [4.78, 5) is 23.4. The van der Waals surface area contributed by atoms with E-state index in [2.05, 4.69) is 5.32 Å². The predicted molar refractivity (Wildman–Crippen MR) is 99.8 cm³/mol. The van der Waals surface area contributed by atoms with Crippen LogP contribution in [0.2, 0.25) is 0 Å². The van der Waals surface area contributed by atoms with Crippen molar-refractivity contribution in [3.8, 4) is 11.5 Å². The molecule has 0 spiro atoms. The Morgan fingerprint density at radius 3 is 2.48 bits per heavy atom. The molecule has 7 nitrogen and oxygen atoms in total. The first kappa shape index (κ1) is 20.6. The molecular formula is C20H27NO6. The molecule has 0 aliphatic carbocycles. The van der Waals surface area contributed by atoms with Crippen LogP contribution in [0.25, 0.3) is 0 Å². The van der Waals surface area contributed by atoms with E-state index in [1.807, 2.05) is 19.9 Å². The number of carboxylic acid groups (broad SMARTS) is 1. The number of nitrogens with one attached hydrogen (secondary N) is 1. The van der Waals surface area contributed by atoms with Gasteiger partial charge in [0.1, 0.15) is 5.60 Å². The number of rotatable bonds is 6. The van der Waals surface area contributed by atoms with Crippen molar-refractivity contribution < 1.29 is 28.9 Å². The summed E-state index contributed by atoms with van der Waals surface area (Å²) < 4.78 is 16.2. The van der Waals surface area contributed by atoms with Gasteiger partial charge in [-0.2, -0.15) is 0 Å². The number of hydrogen-bond donors (Lipinski definition) is 2. The van der Waals surface area contributed by atoms with Crippen LogP contribution in [0.5, 0.6) is 11.5 Å². The van der Waals surface area contributed by atoms with Crippen molar-refractivity contribution in [1.29, 1.82) is 0 Å². The van der Waals surface area contributed by atoms with Gasteiger partial charge in [0, 0.05) is 12.0 Å². The molecule has 7 heteroatoms. The highest BCUT2D eigenvalue weighted by molar-refractivity contribution is 5.79. The molecule has 0 unspecified atom stereocenters. The van der Waals surface area contributed by atoms with Gasteiger partial charge in [-0.3, -0.25) is 0 Å². The Labute approximate surface area is 159 Å². The normalized spacial score (nSPS) is 15.6. The fourth-order valence-corrected chi connectivity index (χ4v) is 2.85. The average Bonchev–Trinajstić information content (AvgIpc) is 2.99. The van der Waals surface area contributed by atoms with Crippen molar-refractivity contribution in [2.75, 3.05) is 6.79 Å². The molecule has 1 heterocycles. The minimum atomic E-state index is -1.04. The summed E-state index contributed by atoms with van der Waals surface area (Å²) in [6.45, 7) is 9.43.